The molecule has 2 fully saturated rings. The number of hydrogen-bond acceptors (Lipinski definition) is 6. The van der Waals surface area contributed by atoms with Gasteiger partial charge in [0, 0.05) is 40.5 Å². The van der Waals surface area contributed by atoms with E-state index in [-0.39, 0.29) is 0 Å². The molecule has 6 nitrogen and oxygen atoms in total. The summed E-state index contributed by atoms with van der Waals surface area (Å²) in [5.74, 6) is 2.71. The Morgan fingerprint density at radius 1 is 0.865 bits per heavy atom. The fraction of sp³-hybridized carbons (Fsp3) is 0.276. The van der Waals surface area contributed by atoms with Crippen molar-refractivity contribution >= 4 is 35.6 Å². The highest BCUT2D eigenvalue weighted by atomic mass is 35.5. The Bertz CT molecular complexity index is 1420. The SMILES string of the molecule is CO/C=C/c1c(-c2ccccc2Cl)noc1C1CC1.O=CCc1c(-c2ccccc2Cl)noc1C1CC1. The van der Waals surface area contributed by atoms with E-state index >= 15 is 0 Å². The highest BCUT2D eigenvalue weighted by molar-refractivity contribution is 6.33. The van der Waals surface area contributed by atoms with Gasteiger partial charge in [-0.15, -0.1) is 0 Å². The number of nitrogens with zero attached hydrogens (tertiary/aromatic N) is 2. The molecule has 0 saturated heterocycles. The number of carbonyl (C=O) groups excluding carboxylic acids is 1. The number of ether oxygens (including phenoxy) is 1. The first kappa shape index (κ1) is 25.3. The summed E-state index contributed by atoms with van der Waals surface area (Å²) in [6, 6.07) is 15.1. The van der Waals surface area contributed by atoms with Crippen LogP contribution in [0.1, 0.15) is 60.2 Å². The van der Waals surface area contributed by atoms with Crippen LogP contribution >= 0.6 is 23.2 Å². The van der Waals surface area contributed by atoms with Crippen LogP contribution < -0.4 is 0 Å². The molecule has 0 unspecified atom stereocenters. The maximum Gasteiger partial charge on any atom is 0.147 e. The molecule has 0 atom stereocenters. The summed E-state index contributed by atoms with van der Waals surface area (Å²) in [5, 5.41) is 9.60. The van der Waals surface area contributed by atoms with Crippen LogP contribution in [0.3, 0.4) is 0 Å². The highest BCUT2D eigenvalue weighted by Crippen LogP contribution is 2.46. The fourth-order valence-corrected chi connectivity index (χ4v) is 4.68. The third-order valence-electron chi connectivity index (χ3n) is 6.39. The van der Waals surface area contributed by atoms with Crippen molar-refractivity contribution in [3.8, 4) is 22.5 Å². The molecule has 4 aromatic rings. The summed E-state index contributed by atoms with van der Waals surface area (Å²) < 4.78 is 15.9. The maximum atomic E-state index is 10.8. The Morgan fingerprint density at radius 3 is 1.97 bits per heavy atom. The van der Waals surface area contributed by atoms with Crippen LogP contribution in [0, 0.1) is 0 Å². The molecule has 2 aliphatic carbocycles. The normalized spacial score (nSPS) is 14.9. The van der Waals surface area contributed by atoms with Gasteiger partial charge in [-0.3, -0.25) is 0 Å². The Morgan fingerprint density at radius 2 is 1.41 bits per heavy atom. The topological polar surface area (TPSA) is 78.4 Å². The van der Waals surface area contributed by atoms with Gasteiger partial charge in [0.2, 0.25) is 0 Å². The van der Waals surface area contributed by atoms with Crippen LogP contribution in [-0.4, -0.2) is 23.7 Å². The number of aldehydes is 1. The molecule has 0 amide bonds. The van der Waals surface area contributed by atoms with Gasteiger partial charge >= 0.3 is 0 Å². The zero-order valence-corrected chi connectivity index (χ0v) is 21.8. The highest BCUT2D eigenvalue weighted by Gasteiger charge is 2.33. The van der Waals surface area contributed by atoms with Gasteiger partial charge in [0.05, 0.1) is 23.4 Å². The van der Waals surface area contributed by atoms with E-state index in [1.165, 1.54) is 0 Å². The molecule has 190 valence electrons. The van der Waals surface area contributed by atoms with E-state index in [9.17, 15) is 4.79 Å². The number of hydrogen-bond donors (Lipinski definition) is 0. The van der Waals surface area contributed by atoms with Gasteiger partial charge in [-0.1, -0.05) is 69.9 Å². The summed E-state index contributed by atoms with van der Waals surface area (Å²) in [6.45, 7) is 0. The molecule has 2 saturated carbocycles. The molecule has 0 radical (unpaired) electrons. The lowest BCUT2D eigenvalue weighted by molar-refractivity contribution is -0.107. The summed E-state index contributed by atoms with van der Waals surface area (Å²) in [6.07, 6.45) is 9.29. The molecule has 37 heavy (non-hydrogen) atoms. The van der Waals surface area contributed by atoms with E-state index in [4.69, 9.17) is 37.0 Å². The third kappa shape index (κ3) is 5.65. The predicted molar refractivity (Wildman–Crippen MR) is 144 cm³/mol. The van der Waals surface area contributed by atoms with Crippen LogP contribution in [0.2, 0.25) is 10.0 Å². The minimum absolute atomic E-state index is 0.329. The Labute approximate surface area is 225 Å². The summed E-state index contributed by atoms with van der Waals surface area (Å²) in [5.41, 5.74) is 5.05. The van der Waals surface area contributed by atoms with Gasteiger partial charge in [0.15, 0.2) is 0 Å². The van der Waals surface area contributed by atoms with Crippen LogP contribution in [0.5, 0.6) is 0 Å². The van der Waals surface area contributed by atoms with Crippen molar-refractivity contribution in [1.82, 2.24) is 10.3 Å². The number of carbonyl (C=O) groups is 1. The molecular weight excluding hydrogens is 511 g/mol. The van der Waals surface area contributed by atoms with Gasteiger partial charge in [0.25, 0.3) is 0 Å². The molecule has 2 aromatic heterocycles. The molecule has 2 heterocycles. The monoisotopic (exact) mass is 536 g/mol. The van der Waals surface area contributed by atoms with E-state index in [0.717, 1.165) is 71.4 Å². The first-order valence-electron chi connectivity index (χ1n) is 12.2. The van der Waals surface area contributed by atoms with Crippen molar-refractivity contribution < 1.29 is 18.6 Å². The zero-order valence-electron chi connectivity index (χ0n) is 20.3. The number of methoxy groups -OCH3 is 1. The van der Waals surface area contributed by atoms with Crippen molar-refractivity contribution in [3.63, 3.8) is 0 Å². The molecule has 0 aliphatic heterocycles. The molecule has 0 bridgehead atoms. The fourth-order valence-electron chi connectivity index (χ4n) is 4.23. The average Bonchev–Trinajstić information content (AvgIpc) is 3.85. The van der Waals surface area contributed by atoms with E-state index in [1.807, 2.05) is 54.6 Å². The minimum Gasteiger partial charge on any atom is -0.504 e. The molecular formula is C29H26Cl2N2O4. The Hall–Kier alpha value is -3.35. The van der Waals surface area contributed by atoms with Crippen molar-refractivity contribution in [2.75, 3.05) is 7.11 Å². The van der Waals surface area contributed by atoms with Crippen molar-refractivity contribution in [3.05, 3.63) is 87.5 Å². The van der Waals surface area contributed by atoms with Gasteiger partial charge in [-0.05, 0) is 43.9 Å². The first-order valence-corrected chi connectivity index (χ1v) is 13.0. The molecule has 2 aliphatic rings. The average molecular weight is 537 g/mol. The molecule has 2 aromatic carbocycles. The van der Waals surface area contributed by atoms with E-state index < -0.39 is 0 Å². The smallest absolute Gasteiger partial charge is 0.147 e. The lowest BCUT2D eigenvalue weighted by atomic mass is 10.0. The number of benzene rings is 2. The Kier molecular flexibility index (Phi) is 7.77. The summed E-state index contributed by atoms with van der Waals surface area (Å²) in [7, 11) is 1.62. The second-order valence-electron chi connectivity index (χ2n) is 9.10. The second-order valence-corrected chi connectivity index (χ2v) is 9.91. The second kappa shape index (κ2) is 11.4. The summed E-state index contributed by atoms with van der Waals surface area (Å²) >= 11 is 12.4. The van der Waals surface area contributed by atoms with Crippen molar-refractivity contribution in [1.29, 1.82) is 0 Å². The Balaban J connectivity index is 0.000000152. The van der Waals surface area contributed by atoms with E-state index in [2.05, 4.69) is 10.3 Å². The lowest BCUT2D eigenvalue weighted by Gasteiger charge is -2.02. The quantitative estimate of drug-likeness (QED) is 0.167. The zero-order chi connectivity index (χ0) is 25.8. The minimum atomic E-state index is 0.329. The number of halogens is 2. The van der Waals surface area contributed by atoms with Crippen LogP contribution in [-0.2, 0) is 16.0 Å². The van der Waals surface area contributed by atoms with Crippen LogP contribution in [0.25, 0.3) is 28.6 Å². The van der Waals surface area contributed by atoms with Crippen LogP contribution in [0.15, 0.2) is 63.8 Å². The maximum absolute atomic E-state index is 10.8. The van der Waals surface area contributed by atoms with E-state index in [1.54, 1.807) is 13.4 Å². The largest absolute Gasteiger partial charge is 0.504 e. The van der Waals surface area contributed by atoms with Crippen LogP contribution in [0.4, 0.5) is 0 Å². The number of rotatable bonds is 8. The van der Waals surface area contributed by atoms with E-state index in [0.29, 0.717) is 34.0 Å². The lowest BCUT2D eigenvalue weighted by Crippen LogP contribution is -1.92. The number of aromatic nitrogens is 2. The van der Waals surface area contributed by atoms with Gasteiger partial charge in [-0.2, -0.15) is 0 Å². The van der Waals surface area contributed by atoms with Crippen molar-refractivity contribution in [2.24, 2.45) is 0 Å². The molecule has 8 heteroatoms. The molecule has 0 spiro atoms. The predicted octanol–water partition coefficient (Wildman–Crippen LogP) is 8.10. The third-order valence-corrected chi connectivity index (χ3v) is 7.05. The first-order chi connectivity index (χ1) is 18.1. The molecule has 6 rings (SSSR count). The standard InChI is InChI=1S/C15H14ClNO2.C14H12ClNO2/c1-18-9-8-12-14(11-4-2-3-5-13(11)16)17-19-15(12)10-6-7-10;15-12-4-2-1-3-10(12)13-11(7-8-17)14(18-16-13)9-5-6-9/h2-5,8-10H,6-7H2,1H3;1-4,8-9H,5-7H2/b9-8+;. The van der Waals surface area contributed by atoms with Gasteiger partial charge < -0.3 is 18.6 Å². The van der Waals surface area contributed by atoms with Gasteiger partial charge in [0.1, 0.15) is 29.2 Å². The molecule has 0 N–H and O–H groups in total. The van der Waals surface area contributed by atoms with Gasteiger partial charge in [-0.25, -0.2) is 0 Å². The summed E-state index contributed by atoms with van der Waals surface area (Å²) in [4.78, 5) is 10.8. The van der Waals surface area contributed by atoms with Crippen molar-refractivity contribution in [2.45, 2.75) is 43.9 Å².